The van der Waals surface area contributed by atoms with Gasteiger partial charge < -0.3 is 4.57 Å². The van der Waals surface area contributed by atoms with Gasteiger partial charge in [0.1, 0.15) is 0 Å². The maximum atomic E-state index is 3.71. The number of aromatic nitrogens is 1. The van der Waals surface area contributed by atoms with E-state index in [1.54, 1.807) is 0 Å². The average Bonchev–Trinajstić information content (AvgIpc) is 3.55. The highest BCUT2D eigenvalue weighted by atomic mass is 79.9. The molecule has 0 N–H and O–H groups in total. The van der Waals surface area contributed by atoms with Crippen LogP contribution in [0.2, 0.25) is 0 Å². The molecule has 0 saturated carbocycles. The average molecular weight is 633 g/mol. The van der Waals surface area contributed by atoms with Crippen molar-refractivity contribution in [1.82, 2.24) is 4.57 Å². The van der Waals surface area contributed by atoms with Crippen molar-refractivity contribution in [3.8, 4) is 5.69 Å². The van der Waals surface area contributed by atoms with Crippen molar-refractivity contribution in [2.45, 2.75) is 6.92 Å². The van der Waals surface area contributed by atoms with E-state index in [-0.39, 0.29) is 0 Å². The Labute approximate surface area is 229 Å². The van der Waals surface area contributed by atoms with E-state index in [4.69, 9.17) is 0 Å². The van der Waals surface area contributed by atoms with Crippen LogP contribution in [0.5, 0.6) is 0 Å². The Hall–Kier alpha value is -2.22. The number of aryl methyl sites for hydroxylation is 1. The third kappa shape index (κ3) is 2.95. The Bertz CT molecular complexity index is 2140. The number of benzene rings is 4. The van der Waals surface area contributed by atoms with Gasteiger partial charge >= 0.3 is 0 Å². The van der Waals surface area contributed by atoms with Crippen LogP contribution in [-0.2, 0) is 0 Å². The van der Waals surface area contributed by atoms with Gasteiger partial charge in [-0.3, -0.25) is 0 Å². The Morgan fingerprint density at radius 1 is 0.571 bits per heavy atom. The topological polar surface area (TPSA) is 4.93 Å². The van der Waals surface area contributed by atoms with Crippen molar-refractivity contribution < 1.29 is 0 Å². The van der Waals surface area contributed by atoms with Gasteiger partial charge in [0.25, 0.3) is 0 Å². The summed E-state index contributed by atoms with van der Waals surface area (Å²) in [5.74, 6) is 0. The minimum absolute atomic E-state index is 1.10. The second-order valence-corrected chi connectivity index (χ2v) is 13.9. The summed E-state index contributed by atoms with van der Waals surface area (Å²) in [4.78, 5) is 0. The SMILES string of the molecule is Cc1ccc(-n2c3cc(Br)ccc3c3sc4cc5c(cc4c32)sc2c3ccc(Br)cc3sc52)cc1. The van der Waals surface area contributed by atoms with Crippen molar-refractivity contribution in [1.29, 1.82) is 0 Å². The lowest BCUT2D eigenvalue weighted by Gasteiger charge is -2.09. The van der Waals surface area contributed by atoms with Gasteiger partial charge in [-0.05, 0) is 55.5 Å². The van der Waals surface area contributed by atoms with Gasteiger partial charge in [-0.25, -0.2) is 0 Å². The molecule has 168 valence electrons. The molecule has 0 bridgehead atoms. The van der Waals surface area contributed by atoms with Gasteiger partial charge in [0.15, 0.2) is 0 Å². The zero-order valence-corrected chi connectivity index (χ0v) is 24.0. The summed E-state index contributed by atoms with van der Waals surface area (Å²) < 4.78 is 12.9. The molecule has 0 spiro atoms. The quantitative estimate of drug-likeness (QED) is 0.170. The summed E-state index contributed by atoms with van der Waals surface area (Å²) in [6.45, 7) is 2.14. The molecule has 4 aromatic carbocycles. The first-order valence-corrected chi connectivity index (χ1v) is 15.3. The van der Waals surface area contributed by atoms with Gasteiger partial charge in [-0.15, -0.1) is 34.0 Å². The first kappa shape index (κ1) is 20.9. The van der Waals surface area contributed by atoms with Crippen molar-refractivity contribution >= 4 is 127 Å². The predicted molar refractivity (Wildman–Crippen MR) is 165 cm³/mol. The Kier molecular flexibility index (Phi) is 4.42. The first-order chi connectivity index (χ1) is 17.0. The fraction of sp³-hybridized carbons (Fsp3) is 0.0345. The lowest BCUT2D eigenvalue weighted by atomic mass is 10.2. The molecule has 0 saturated heterocycles. The molecule has 0 aliphatic heterocycles. The van der Waals surface area contributed by atoms with Crippen molar-refractivity contribution in [2.75, 3.05) is 0 Å². The maximum absolute atomic E-state index is 3.71. The molecule has 4 heterocycles. The van der Waals surface area contributed by atoms with Crippen molar-refractivity contribution in [2.24, 2.45) is 0 Å². The van der Waals surface area contributed by atoms with E-state index in [1.807, 2.05) is 34.0 Å². The molecular formula is C29H15Br2NS3. The molecule has 6 heteroatoms. The van der Waals surface area contributed by atoms with E-state index in [9.17, 15) is 0 Å². The summed E-state index contributed by atoms with van der Waals surface area (Å²) in [6.07, 6.45) is 0. The van der Waals surface area contributed by atoms with E-state index in [1.165, 1.54) is 72.0 Å². The van der Waals surface area contributed by atoms with E-state index >= 15 is 0 Å². The molecule has 4 aromatic heterocycles. The van der Waals surface area contributed by atoms with E-state index in [0.717, 1.165) is 8.95 Å². The fourth-order valence-electron chi connectivity index (χ4n) is 5.18. The van der Waals surface area contributed by atoms with Crippen LogP contribution in [0.25, 0.3) is 66.5 Å². The maximum Gasteiger partial charge on any atom is 0.0728 e. The van der Waals surface area contributed by atoms with Gasteiger partial charge in [0.2, 0.25) is 0 Å². The number of hydrogen-bond donors (Lipinski definition) is 0. The molecular weight excluding hydrogens is 618 g/mol. The highest BCUT2D eigenvalue weighted by Gasteiger charge is 2.20. The summed E-state index contributed by atoms with van der Waals surface area (Å²) in [6, 6.07) is 27.1. The number of nitrogens with zero attached hydrogens (tertiary/aromatic N) is 1. The third-order valence-corrected chi connectivity index (χ3v) is 11.5. The molecule has 0 atom stereocenters. The summed E-state index contributed by atoms with van der Waals surface area (Å²) >= 11 is 13.1. The van der Waals surface area contributed by atoms with E-state index in [0.29, 0.717) is 0 Å². The zero-order chi connectivity index (χ0) is 23.4. The largest absolute Gasteiger partial charge is 0.308 e. The third-order valence-electron chi connectivity index (χ3n) is 6.79. The van der Waals surface area contributed by atoms with Crippen molar-refractivity contribution in [3.63, 3.8) is 0 Å². The van der Waals surface area contributed by atoms with Crippen LogP contribution in [-0.4, -0.2) is 4.57 Å². The minimum Gasteiger partial charge on any atom is -0.308 e. The lowest BCUT2D eigenvalue weighted by molar-refractivity contribution is 1.18. The second-order valence-electron chi connectivity index (χ2n) is 8.96. The summed E-state index contributed by atoms with van der Waals surface area (Å²) in [5, 5.41) is 5.39. The molecule has 0 fully saturated rings. The molecule has 0 radical (unpaired) electrons. The summed E-state index contributed by atoms with van der Waals surface area (Å²) in [7, 11) is 0. The number of rotatable bonds is 1. The predicted octanol–water partition coefficient (Wildman–Crippen LogP) is 11.4. The smallest absolute Gasteiger partial charge is 0.0728 e. The number of hydrogen-bond acceptors (Lipinski definition) is 3. The van der Waals surface area contributed by atoms with Gasteiger partial charge in [0, 0.05) is 50.3 Å². The van der Waals surface area contributed by atoms with Crippen LogP contribution in [0.4, 0.5) is 0 Å². The van der Waals surface area contributed by atoms with Gasteiger partial charge in [-0.1, -0.05) is 61.7 Å². The van der Waals surface area contributed by atoms with Crippen LogP contribution < -0.4 is 0 Å². The molecule has 8 rings (SSSR count). The highest BCUT2D eigenvalue weighted by Crippen LogP contribution is 2.49. The molecule has 35 heavy (non-hydrogen) atoms. The molecule has 1 nitrogen and oxygen atoms in total. The van der Waals surface area contributed by atoms with Crippen LogP contribution in [0, 0.1) is 6.92 Å². The molecule has 0 aliphatic carbocycles. The van der Waals surface area contributed by atoms with Crippen LogP contribution in [0.1, 0.15) is 5.56 Å². The van der Waals surface area contributed by atoms with E-state index < -0.39 is 0 Å². The fourth-order valence-corrected chi connectivity index (χ4v) is 9.99. The van der Waals surface area contributed by atoms with Crippen molar-refractivity contribution in [3.05, 3.63) is 87.3 Å². The standard InChI is InChI=1S/C29H15Br2NS3/c1-14-2-6-17(7-3-14)32-22-10-15(30)4-8-18(22)27-26(32)20-12-25-21(13-24(20)33-27)29-28(35-25)19-9-5-16(31)11-23(19)34-29/h2-13H,1H3. The number of halogens is 2. The monoisotopic (exact) mass is 631 g/mol. The Morgan fingerprint density at radius 2 is 1.17 bits per heavy atom. The first-order valence-electron chi connectivity index (χ1n) is 11.2. The highest BCUT2D eigenvalue weighted by molar-refractivity contribution is 9.10. The van der Waals surface area contributed by atoms with Crippen LogP contribution in [0.3, 0.4) is 0 Å². The molecule has 0 amide bonds. The lowest BCUT2D eigenvalue weighted by Crippen LogP contribution is -1.93. The van der Waals surface area contributed by atoms with Crippen LogP contribution in [0.15, 0.2) is 81.7 Å². The molecule has 8 aromatic rings. The number of fused-ring (bicyclic) bond motifs is 10. The second kappa shape index (κ2) is 7.40. The molecule has 0 unspecified atom stereocenters. The van der Waals surface area contributed by atoms with Gasteiger partial charge in [-0.2, -0.15) is 0 Å². The molecule has 0 aliphatic rings. The zero-order valence-electron chi connectivity index (χ0n) is 18.4. The normalized spacial score (nSPS) is 12.4. The Morgan fingerprint density at radius 3 is 1.97 bits per heavy atom. The summed E-state index contributed by atoms with van der Waals surface area (Å²) in [5.41, 5.74) is 5.04. The Balaban J connectivity index is 1.52. The van der Waals surface area contributed by atoms with Gasteiger partial charge in [0.05, 0.1) is 25.1 Å². The van der Waals surface area contributed by atoms with E-state index in [2.05, 4.69) is 116 Å². The minimum atomic E-state index is 1.10. The number of thiophene rings is 3. The van der Waals surface area contributed by atoms with Crippen LogP contribution >= 0.6 is 65.9 Å².